The molecule has 3 aromatic rings. The average molecular weight is 595 g/mol. The number of sulfonamides is 1. The minimum absolute atomic E-state index is 0.241. The highest BCUT2D eigenvalue weighted by atomic mass is 32.2. The molecular formula is C30H35FN6O4S. The van der Waals surface area contributed by atoms with E-state index in [4.69, 9.17) is 9.72 Å². The van der Waals surface area contributed by atoms with Crippen molar-refractivity contribution in [3.63, 3.8) is 0 Å². The van der Waals surface area contributed by atoms with Crippen molar-refractivity contribution < 1.29 is 22.3 Å². The Kier molecular flexibility index (Phi) is 8.22. The van der Waals surface area contributed by atoms with Gasteiger partial charge in [-0.05, 0) is 54.4 Å². The number of morpholine rings is 1. The molecule has 3 heterocycles. The van der Waals surface area contributed by atoms with Crippen LogP contribution in [0, 0.1) is 5.82 Å². The lowest BCUT2D eigenvalue weighted by Crippen LogP contribution is -2.50. The Labute approximate surface area is 245 Å². The molecule has 1 N–H and O–H groups in total. The summed E-state index contributed by atoms with van der Waals surface area (Å²) in [5.41, 5.74) is 3.98. The molecule has 10 nitrogen and oxygen atoms in total. The van der Waals surface area contributed by atoms with Crippen LogP contribution in [0.5, 0.6) is 0 Å². The molecule has 2 saturated heterocycles. The molecule has 1 amide bonds. The molecule has 12 heteroatoms. The predicted molar refractivity (Wildman–Crippen MR) is 157 cm³/mol. The number of nitrogens with zero attached hydrogens (tertiary/aromatic N) is 5. The Bertz CT molecular complexity index is 1520. The number of carbonyl (C=O) groups excluding carboxylic acids is 1. The lowest BCUT2D eigenvalue weighted by Gasteiger charge is -2.33. The van der Waals surface area contributed by atoms with Gasteiger partial charge in [-0.1, -0.05) is 12.1 Å². The zero-order valence-corrected chi connectivity index (χ0v) is 24.4. The van der Waals surface area contributed by atoms with E-state index in [1.807, 2.05) is 36.4 Å². The first-order valence-corrected chi connectivity index (χ1v) is 16.1. The van der Waals surface area contributed by atoms with Crippen LogP contribution in [0.4, 0.5) is 10.1 Å². The summed E-state index contributed by atoms with van der Waals surface area (Å²) in [6.07, 6.45) is 2.13. The second-order valence-electron chi connectivity index (χ2n) is 11.0. The van der Waals surface area contributed by atoms with Gasteiger partial charge >= 0.3 is 0 Å². The Morgan fingerprint density at radius 2 is 1.67 bits per heavy atom. The number of halogens is 1. The first kappa shape index (κ1) is 28.7. The van der Waals surface area contributed by atoms with Crippen LogP contribution >= 0.6 is 0 Å². The quantitative estimate of drug-likeness (QED) is 0.424. The number of rotatable bonds is 8. The van der Waals surface area contributed by atoms with Crippen LogP contribution in [0.2, 0.25) is 0 Å². The molecule has 1 aromatic heterocycles. The second-order valence-corrected chi connectivity index (χ2v) is 13.0. The van der Waals surface area contributed by atoms with Gasteiger partial charge in [-0.15, -0.1) is 0 Å². The Hall–Kier alpha value is -3.45. The first-order chi connectivity index (χ1) is 20.2. The number of anilines is 1. The highest BCUT2D eigenvalue weighted by molar-refractivity contribution is 7.88. The summed E-state index contributed by atoms with van der Waals surface area (Å²) in [4.78, 5) is 27.0. The molecule has 42 heavy (non-hydrogen) atoms. The first-order valence-electron chi connectivity index (χ1n) is 14.3. The molecule has 0 radical (unpaired) electrons. The lowest BCUT2D eigenvalue weighted by molar-refractivity contribution is 0.0692. The Balaban J connectivity index is 1.21. The predicted octanol–water partition coefficient (Wildman–Crippen LogP) is 2.48. The normalized spacial score (nSPS) is 21.4. The van der Waals surface area contributed by atoms with Crippen molar-refractivity contribution in [2.45, 2.75) is 24.9 Å². The van der Waals surface area contributed by atoms with E-state index in [1.54, 1.807) is 11.0 Å². The van der Waals surface area contributed by atoms with Gasteiger partial charge in [0, 0.05) is 69.0 Å². The molecule has 3 fully saturated rings. The van der Waals surface area contributed by atoms with Gasteiger partial charge in [0.15, 0.2) is 5.82 Å². The van der Waals surface area contributed by atoms with Gasteiger partial charge in [0.2, 0.25) is 10.0 Å². The van der Waals surface area contributed by atoms with Gasteiger partial charge in [0.25, 0.3) is 5.91 Å². The van der Waals surface area contributed by atoms with Gasteiger partial charge < -0.3 is 19.9 Å². The minimum Gasteiger partial charge on any atom is -0.378 e. The molecule has 0 unspecified atom stereocenters. The van der Waals surface area contributed by atoms with E-state index in [0.717, 1.165) is 36.3 Å². The maximum Gasteiger partial charge on any atom is 0.272 e. The summed E-state index contributed by atoms with van der Waals surface area (Å²) in [7, 11) is -3.30. The molecule has 2 aromatic carbocycles. The van der Waals surface area contributed by atoms with Crippen molar-refractivity contribution in [1.82, 2.24) is 24.5 Å². The van der Waals surface area contributed by atoms with Gasteiger partial charge in [-0.2, -0.15) is 4.31 Å². The van der Waals surface area contributed by atoms with Crippen LogP contribution in [-0.2, 0) is 21.3 Å². The number of nitrogens with one attached hydrogen (secondary N) is 1. The van der Waals surface area contributed by atoms with E-state index in [-0.39, 0.29) is 36.5 Å². The zero-order valence-electron chi connectivity index (χ0n) is 23.6. The van der Waals surface area contributed by atoms with Crippen molar-refractivity contribution >= 4 is 21.6 Å². The van der Waals surface area contributed by atoms with Crippen molar-refractivity contribution in [3.05, 3.63) is 77.4 Å². The number of aromatic nitrogens is 2. The summed E-state index contributed by atoms with van der Waals surface area (Å²) < 4.78 is 44.1. The highest BCUT2D eigenvalue weighted by Crippen LogP contribution is 2.41. The summed E-state index contributed by atoms with van der Waals surface area (Å²) >= 11 is 0. The Morgan fingerprint density at radius 1 is 0.976 bits per heavy atom. The summed E-state index contributed by atoms with van der Waals surface area (Å²) in [5.74, 6) is 0.289. The highest BCUT2D eigenvalue weighted by Gasteiger charge is 2.38. The molecule has 2 aliphatic heterocycles. The summed E-state index contributed by atoms with van der Waals surface area (Å²) in [6, 6.07) is 16.6. The topological polar surface area (TPSA) is 108 Å². The molecule has 0 spiro atoms. The molecule has 0 bridgehead atoms. The molecule has 1 saturated carbocycles. The largest absolute Gasteiger partial charge is 0.378 e. The van der Waals surface area contributed by atoms with E-state index < -0.39 is 10.0 Å². The molecule has 3 aliphatic rings. The fourth-order valence-electron chi connectivity index (χ4n) is 5.59. The molecule has 222 valence electrons. The number of piperazine rings is 1. The van der Waals surface area contributed by atoms with Crippen molar-refractivity contribution in [1.29, 1.82) is 0 Å². The number of benzene rings is 2. The maximum atomic E-state index is 13.6. The van der Waals surface area contributed by atoms with Crippen LogP contribution in [0.15, 0.2) is 54.6 Å². The van der Waals surface area contributed by atoms with Crippen LogP contribution in [0.25, 0.3) is 11.4 Å². The van der Waals surface area contributed by atoms with E-state index in [1.165, 1.54) is 22.7 Å². The number of hydrogen-bond donors (Lipinski definition) is 1. The van der Waals surface area contributed by atoms with Gasteiger partial charge in [0.05, 0.1) is 25.2 Å². The van der Waals surface area contributed by atoms with Crippen LogP contribution in [-0.4, -0.2) is 98.3 Å². The molecule has 2 atom stereocenters. The van der Waals surface area contributed by atoms with E-state index in [0.29, 0.717) is 50.3 Å². The number of amides is 1. The van der Waals surface area contributed by atoms with E-state index in [9.17, 15) is 17.6 Å². The molecule has 6 rings (SSSR count). The van der Waals surface area contributed by atoms with Gasteiger partial charge in [0.1, 0.15) is 11.5 Å². The fraction of sp³-hybridized carbons (Fsp3) is 0.433. The van der Waals surface area contributed by atoms with Crippen molar-refractivity contribution in [2.75, 3.05) is 63.6 Å². The van der Waals surface area contributed by atoms with E-state index >= 15 is 0 Å². The standard InChI is InChI=1S/C30H35FN6O4S/c1-42(39,40)37-12-10-36(11-13-37)30(38)28-18-24(20-32-27-19-26(27)21-2-6-23(31)7-3-21)33-29(34-28)22-4-8-25(9-5-22)35-14-16-41-17-15-35/h2-9,18,26-27,32H,10-17,19-20H2,1H3/t26-,27+/m0/s1. The minimum atomic E-state index is -3.30. The summed E-state index contributed by atoms with van der Waals surface area (Å²) in [5, 5.41) is 3.53. The van der Waals surface area contributed by atoms with Crippen LogP contribution in [0.3, 0.4) is 0 Å². The average Bonchev–Trinajstić information content (AvgIpc) is 3.80. The third-order valence-corrected chi connectivity index (χ3v) is 9.43. The van der Waals surface area contributed by atoms with Crippen molar-refractivity contribution in [2.24, 2.45) is 0 Å². The third-order valence-electron chi connectivity index (χ3n) is 8.13. The SMILES string of the molecule is CS(=O)(=O)N1CCN(C(=O)c2cc(CN[C@@H]3C[C@H]3c3ccc(F)cc3)nc(-c3ccc(N4CCOCC4)cc3)n2)CC1. The summed E-state index contributed by atoms with van der Waals surface area (Å²) in [6.45, 7) is 4.64. The zero-order chi connectivity index (χ0) is 29.3. The molecule has 1 aliphatic carbocycles. The number of ether oxygens (including phenoxy) is 1. The lowest BCUT2D eigenvalue weighted by atomic mass is 10.1. The van der Waals surface area contributed by atoms with Crippen LogP contribution in [0.1, 0.15) is 34.1 Å². The van der Waals surface area contributed by atoms with E-state index in [2.05, 4.69) is 15.2 Å². The smallest absolute Gasteiger partial charge is 0.272 e. The number of carbonyl (C=O) groups is 1. The maximum absolute atomic E-state index is 13.6. The fourth-order valence-corrected chi connectivity index (χ4v) is 6.42. The molecular weight excluding hydrogens is 559 g/mol. The van der Waals surface area contributed by atoms with Crippen LogP contribution < -0.4 is 10.2 Å². The Morgan fingerprint density at radius 3 is 2.33 bits per heavy atom. The second kappa shape index (κ2) is 12.0. The van der Waals surface area contributed by atoms with Crippen molar-refractivity contribution in [3.8, 4) is 11.4 Å². The third kappa shape index (κ3) is 6.62. The number of hydrogen-bond acceptors (Lipinski definition) is 8. The van der Waals surface area contributed by atoms with Gasteiger partial charge in [-0.3, -0.25) is 4.79 Å². The van der Waals surface area contributed by atoms with Gasteiger partial charge in [-0.25, -0.2) is 22.8 Å². The monoisotopic (exact) mass is 594 g/mol.